The molecule has 2 N–H and O–H groups in total. The summed E-state index contributed by atoms with van der Waals surface area (Å²) in [5.41, 5.74) is 7.04. The first kappa shape index (κ1) is 14.3. The van der Waals surface area contributed by atoms with Gasteiger partial charge in [-0.15, -0.1) is 0 Å². The van der Waals surface area contributed by atoms with Gasteiger partial charge in [-0.2, -0.15) is 0 Å². The predicted molar refractivity (Wildman–Crippen MR) is 78.6 cm³/mol. The molecule has 1 aliphatic heterocycles. The van der Waals surface area contributed by atoms with Crippen LogP contribution >= 0.6 is 0 Å². The first-order valence-corrected chi connectivity index (χ1v) is 7.91. The summed E-state index contributed by atoms with van der Waals surface area (Å²) in [6.07, 6.45) is 10.2. The lowest BCUT2D eigenvalue weighted by atomic mass is 9.67. The highest BCUT2D eigenvalue weighted by Gasteiger charge is 2.39. The second kappa shape index (κ2) is 5.50. The van der Waals surface area contributed by atoms with E-state index in [0.29, 0.717) is 16.9 Å². The summed E-state index contributed by atoms with van der Waals surface area (Å²) in [6.45, 7) is 10.3. The average Bonchev–Trinajstić information content (AvgIpc) is 2.32. The summed E-state index contributed by atoms with van der Waals surface area (Å²) in [5.74, 6) is 0. The van der Waals surface area contributed by atoms with Gasteiger partial charge in [0.2, 0.25) is 0 Å². The molecule has 18 heavy (non-hydrogen) atoms. The highest BCUT2D eigenvalue weighted by molar-refractivity contribution is 4.92. The van der Waals surface area contributed by atoms with E-state index in [0.717, 1.165) is 6.54 Å². The quantitative estimate of drug-likeness (QED) is 0.816. The molecule has 1 unspecified atom stereocenters. The van der Waals surface area contributed by atoms with Gasteiger partial charge in [0, 0.05) is 12.6 Å². The molecule has 2 fully saturated rings. The van der Waals surface area contributed by atoms with Gasteiger partial charge in [-0.05, 0) is 49.6 Å². The Morgan fingerprint density at radius 3 is 2.00 bits per heavy atom. The van der Waals surface area contributed by atoms with Crippen LogP contribution in [-0.4, -0.2) is 30.6 Å². The molecular formula is C16H32N2. The Labute approximate surface area is 113 Å². The van der Waals surface area contributed by atoms with Gasteiger partial charge in [0.25, 0.3) is 0 Å². The minimum Gasteiger partial charge on any atom is -0.329 e. The Morgan fingerprint density at radius 2 is 1.56 bits per heavy atom. The lowest BCUT2D eigenvalue weighted by molar-refractivity contribution is 0.0161. The van der Waals surface area contributed by atoms with Crippen LogP contribution < -0.4 is 5.73 Å². The van der Waals surface area contributed by atoms with Crippen LogP contribution in [0.5, 0.6) is 0 Å². The third-order valence-corrected chi connectivity index (χ3v) is 5.44. The van der Waals surface area contributed by atoms with Crippen LogP contribution in [0.25, 0.3) is 0 Å². The molecule has 2 nitrogen and oxygen atoms in total. The minimum absolute atomic E-state index is 0.311. The largest absolute Gasteiger partial charge is 0.329 e. The van der Waals surface area contributed by atoms with E-state index < -0.39 is 0 Å². The molecule has 2 aliphatic rings. The molecule has 0 aromatic rings. The van der Waals surface area contributed by atoms with E-state index in [9.17, 15) is 0 Å². The van der Waals surface area contributed by atoms with E-state index in [-0.39, 0.29) is 0 Å². The topological polar surface area (TPSA) is 29.3 Å². The smallest absolute Gasteiger partial charge is 0.0266 e. The van der Waals surface area contributed by atoms with Crippen LogP contribution in [0.1, 0.15) is 65.7 Å². The third kappa shape index (κ3) is 3.08. The van der Waals surface area contributed by atoms with Crippen LogP contribution in [0, 0.1) is 10.8 Å². The summed E-state index contributed by atoms with van der Waals surface area (Å²) >= 11 is 0. The molecule has 1 aliphatic carbocycles. The summed E-state index contributed by atoms with van der Waals surface area (Å²) in [7, 11) is 0. The number of rotatable bonds is 2. The van der Waals surface area contributed by atoms with Gasteiger partial charge in [0.05, 0.1) is 0 Å². The maximum atomic E-state index is 6.02. The van der Waals surface area contributed by atoms with Gasteiger partial charge in [0.15, 0.2) is 0 Å². The standard InChI is InChI=1S/C16H32N2/c1-15(2,3)14(13-17)18-11-9-16(10-12-18)7-5-4-6-8-16/h14H,4-13,17H2,1-3H3. The van der Waals surface area contributed by atoms with E-state index in [1.807, 2.05) is 0 Å². The van der Waals surface area contributed by atoms with Crippen molar-refractivity contribution in [2.75, 3.05) is 19.6 Å². The van der Waals surface area contributed by atoms with Crippen molar-refractivity contribution < 1.29 is 0 Å². The predicted octanol–water partition coefficient (Wildman–Crippen LogP) is 3.41. The van der Waals surface area contributed by atoms with Crippen molar-refractivity contribution in [3.8, 4) is 0 Å². The first-order valence-electron chi connectivity index (χ1n) is 7.91. The number of piperidine rings is 1. The van der Waals surface area contributed by atoms with Gasteiger partial charge in [-0.3, -0.25) is 4.90 Å². The van der Waals surface area contributed by atoms with Gasteiger partial charge >= 0.3 is 0 Å². The van der Waals surface area contributed by atoms with E-state index in [1.54, 1.807) is 0 Å². The highest BCUT2D eigenvalue weighted by atomic mass is 15.2. The van der Waals surface area contributed by atoms with Crippen molar-refractivity contribution in [3.05, 3.63) is 0 Å². The molecule has 0 bridgehead atoms. The number of hydrogen-bond donors (Lipinski definition) is 1. The Morgan fingerprint density at radius 1 is 1.00 bits per heavy atom. The Hall–Kier alpha value is -0.0800. The molecule has 1 spiro atoms. The SMILES string of the molecule is CC(C)(C)C(CN)N1CCC2(CCCCC2)CC1. The summed E-state index contributed by atoms with van der Waals surface area (Å²) in [6, 6.07) is 0.554. The normalized spacial score (nSPS) is 27.3. The Kier molecular flexibility index (Phi) is 4.38. The first-order chi connectivity index (χ1) is 8.47. The van der Waals surface area contributed by atoms with Crippen LogP contribution in [0.3, 0.4) is 0 Å². The van der Waals surface area contributed by atoms with Crippen LogP contribution in [0.4, 0.5) is 0 Å². The highest BCUT2D eigenvalue weighted by Crippen LogP contribution is 2.45. The molecule has 1 saturated carbocycles. The number of hydrogen-bond acceptors (Lipinski definition) is 2. The molecule has 106 valence electrons. The van der Waals surface area contributed by atoms with E-state index in [2.05, 4.69) is 25.7 Å². The van der Waals surface area contributed by atoms with E-state index in [1.165, 1.54) is 58.0 Å². The fourth-order valence-electron chi connectivity index (χ4n) is 4.16. The van der Waals surface area contributed by atoms with Crippen LogP contribution in [0.2, 0.25) is 0 Å². The lowest BCUT2D eigenvalue weighted by Crippen LogP contribution is -2.53. The maximum Gasteiger partial charge on any atom is 0.0266 e. The molecule has 2 heteroatoms. The molecular weight excluding hydrogens is 220 g/mol. The van der Waals surface area contributed by atoms with Gasteiger partial charge in [-0.1, -0.05) is 40.0 Å². The molecule has 0 amide bonds. The molecule has 1 saturated heterocycles. The molecule has 0 aromatic heterocycles. The summed E-state index contributed by atoms with van der Waals surface area (Å²) in [5, 5.41) is 0. The third-order valence-electron chi connectivity index (χ3n) is 5.44. The fourth-order valence-corrected chi connectivity index (χ4v) is 4.16. The Balaban J connectivity index is 1.93. The minimum atomic E-state index is 0.311. The average molecular weight is 252 g/mol. The van der Waals surface area contributed by atoms with Crippen molar-refractivity contribution >= 4 is 0 Å². The van der Waals surface area contributed by atoms with E-state index in [4.69, 9.17) is 5.73 Å². The van der Waals surface area contributed by atoms with Gasteiger partial charge in [-0.25, -0.2) is 0 Å². The van der Waals surface area contributed by atoms with Crippen molar-refractivity contribution in [3.63, 3.8) is 0 Å². The molecule has 1 atom stereocenters. The van der Waals surface area contributed by atoms with Crippen LogP contribution in [0.15, 0.2) is 0 Å². The zero-order valence-corrected chi connectivity index (χ0v) is 12.7. The Bertz CT molecular complexity index is 251. The van der Waals surface area contributed by atoms with Crippen molar-refractivity contribution in [2.45, 2.75) is 71.8 Å². The van der Waals surface area contributed by atoms with Crippen molar-refractivity contribution in [2.24, 2.45) is 16.6 Å². The molecule has 0 aromatic carbocycles. The second-order valence-corrected chi connectivity index (χ2v) is 7.71. The zero-order valence-electron chi connectivity index (χ0n) is 12.7. The number of likely N-dealkylation sites (tertiary alicyclic amines) is 1. The fraction of sp³-hybridized carbons (Fsp3) is 1.00. The summed E-state index contributed by atoms with van der Waals surface area (Å²) in [4.78, 5) is 2.67. The van der Waals surface area contributed by atoms with Crippen LogP contribution in [-0.2, 0) is 0 Å². The molecule has 1 heterocycles. The lowest BCUT2D eigenvalue weighted by Gasteiger charge is -2.49. The number of nitrogens with two attached hydrogens (primary N) is 1. The van der Waals surface area contributed by atoms with Gasteiger partial charge in [0.1, 0.15) is 0 Å². The number of nitrogens with zero attached hydrogens (tertiary/aromatic N) is 1. The van der Waals surface area contributed by atoms with Gasteiger partial charge < -0.3 is 5.73 Å². The molecule has 0 radical (unpaired) electrons. The monoisotopic (exact) mass is 252 g/mol. The van der Waals surface area contributed by atoms with E-state index >= 15 is 0 Å². The van der Waals surface area contributed by atoms with Crippen molar-refractivity contribution in [1.82, 2.24) is 4.90 Å². The summed E-state index contributed by atoms with van der Waals surface area (Å²) < 4.78 is 0. The maximum absolute atomic E-state index is 6.02. The molecule has 2 rings (SSSR count). The zero-order chi connectivity index (χ0) is 13.2. The van der Waals surface area contributed by atoms with Crippen molar-refractivity contribution in [1.29, 1.82) is 0 Å². The second-order valence-electron chi connectivity index (χ2n) is 7.71.